The van der Waals surface area contributed by atoms with Crippen molar-refractivity contribution in [3.63, 3.8) is 0 Å². The molecule has 6 nitrogen and oxygen atoms in total. The number of rotatable bonds is 4. The molecule has 20 heavy (non-hydrogen) atoms. The highest BCUT2D eigenvalue weighted by Gasteiger charge is 2.13. The quantitative estimate of drug-likeness (QED) is 0.615. The van der Waals surface area contributed by atoms with Gasteiger partial charge in [-0.15, -0.1) is 0 Å². The minimum absolute atomic E-state index is 0.246. The van der Waals surface area contributed by atoms with Gasteiger partial charge in [-0.25, -0.2) is 0 Å². The molecule has 1 aliphatic rings. The summed E-state index contributed by atoms with van der Waals surface area (Å²) in [6, 6.07) is 7.27. The van der Waals surface area contributed by atoms with E-state index in [1.165, 1.54) is 0 Å². The topological polar surface area (TPSA) is 80.3 Å². The molecule has 0 bridgehead atoms. The van der Waals surface area contributed by atoms with Crippen molar-refractivity contribution in [1.29, 1.82) is 0 Å². The van der Waals surface area contributed by atoms with E-state index < -0.39 is 6.10 Å². The zero-order valence-corrected chi connectivity index (χ0v) is 11.7. The number of morpholine rings is 1. The van der Waals surface area contributed by atoms with E-state index in [1.54, 1.807) is 7.11 Å². The molecule has 1 aromatic carbocycles. The van der Waals surface area contributed by atoms with Crippen LogP contribution in [0, 0.1) is 0 Å². The maximum absolute atomic E-state index is 10.1. The highest BCUT2D eigenvalue weighted by molar-refractivity contribution is 5.78. The second-order valence-electron chi connectivity index (χ2n) is 4.59. The van der Waals surface area contributed by atoms with Crippen LogP contribution in [0.4, 0.5) is 0 Å². The van der Waals surface area contributed by atoms with Crippen LogP contribution in [0.5, 0.6) is 5.75 Å². The summed E-state index contributed by atoms with van der Waals surface area (Å²) in [4.78, 5) is 6.21. The van der Waals surface area contributed by atoms with Gasteiger partial charge in [0.25, 0.3) is 0 Å². The predicted molar refractivity (Wildman–Crippen MR) is 76.8 cm³/mol. The molecule has 6 heteroatoms. The van der Waals surface area contributed by atoms with Gasteiger partial charge in [-0.05, 0) is 17.7 Å². The molecule has 1 aliphatic heterocycles. The van der Waals surface area contributed by atoms with Crippen molar-refractivity contribution in [3.8, 4) is 5.75 Å². The molecule has 1 aromatic rings. The summed E-state index contributed by atoms with van der Waals surface area (Å²) in [5.74, 6) is 1.22. The summed E-state index contributed by atoms with van der Waals surface area (Å²) in [5, 5.41) is 10.1. The van der Waals surface area contributed by atoms with E-state index in [-0.39, 0.29) is 6.54 Å². The number of methoxy groups -OCH3 is 1. The van der Waals surface area contributed by atoms with Crippen LogP contribution in [0.3, 0.4) is 0 Å². The lowest BCUT2D eigenvalue weighted by Crippen LogP contribution is -2.45. The molecule has 0 spiro atoms. The van der Waals surface area contributed by atoms with Crippen molar-refractivity contribution in [3.05, 3.63) is 29.8 Å². The van der Waals surface area contributed by atoms with Gasteiger partial charge in [-0.1, -0.05) is 12.1 Å². The Balaban J connectivity index is 1.90. The molecule has 1 fully saturated rings. The zero-order chi connectivity index (χ0) is 14.4. The fraction of sp³-hybridized carbons (Fsp3) is 0.500. The maximum Gasteiger partial charge on any atom is 0.191 e. The van der Waals surface area contributed by atoms with E-state index in [4.69, 9.17) is 15.2 Å². The van der Waals surface area contributed by atoms with Gasteiger partial charge in [-0.2, -0.15) is 0 Å². The normalized spacial score (nSPS) is 17.9. The lowest BCUT2D eigenvalue weighted by molar-refractivity contribution is 0.0672. The molecule has 0 radical (unpaired) electrons. The van der Waals surface area contributed by atoms with Gasteiger partial charge < -0.3 is 25.2 Å². The average Bonchev–Trinajstić information content (AvgIpc) is 2.53. The molecule has 0 amide bonds. The summed E-state index contributed by atoms with van der Waals surface area (Å²) in [6.45, 7) is 3.06. The Hall–Kier alpha value is -1.79. The lowest BCUT2D eigenvalue weighted by Gasteiger charge is -2.27. The number of hydrogen-bond donors (Lipinski definition) is 2. The summed E-state index contributed by atoms with van der Waals surface area (Å²) in [6.07, 6.45) is -0.666. The predicted octanol–water partition coefficient (Wildman–Crippen LogP) is 0.375. The molecule has 1 atom stereocenters. The van der Waals surface area contributed by atoms with Crippen LogP contribution < -0.4 is 10.5 Å². The Morgan fingerprint density at radius 3 is 2.65 bits per heavy atom. The molecular weight excluding hydrogens is 258 g/mol. The fourth-order valence-electron chi connectivity index (χ4n) is 2.00. The van der Waals surface area contributed by atoms with Gasteiger partial charge in [0.2, 0.25) is 0 Å². The first kappa shape index (κ1) is 14.6. The highest BCUT2D eigenvalue weighted by Crippen LogP contribution is 2.17. The number of guanidine groups is 1. The Morgan fingerprint density at radius 2 is 2.05 bits per heavy atom. The number of aliphatic hydroxyl groups excluding tert-OH is 1. The highest BCUT2D eigenvalue weighted by atomic mass is 16.5. The van der Waals surface area contributed by atoms with Crippen molar-refractivity contribution < 1.29 is 14.6 Å². The maximum atomic E-state index is 10.1. The second kappa shape index (κ2) is 7.12. The lowest BCUT2D eigenvalue weighted by atomic mass is 10.1. The zero-order valence-electron chi connectivity index (χ0n) is 11.7. The van der Waals surface area contributed by atoms with Crippen LogP contribution in [0.1, 0.15) is 11.7 Å². The first-order valence-corrected chi connectivity index (χ1v) is 6.65. The number of aliphatic imine (C=N–C) groups is 1. The molecule has 0 saturated carbocycles. The summed E-state index contributed by atoms with van der Waals surface area (Å²) >= 11 is 0. The Labute approximate surface area is 118 Å². The molecule has 1 saturated heterocycles. The van der Waals surface area contributed by atoms with Crippen LogP contribution in [0.15, 0.2) is 29.3 Å². The van der Waals surface area contributed by atoms with Gasteiger partial charge in [0.05, 0.1) is 33.0 Å². The summed E-state index contributed by atoms with van der Waals surface area (Å²) in [5.41, 5.74) is 6.71. The Morgan fingerprint density at radius 1 is 1.40 bits per heavy atom. The van der Waals surface area contributed by atoms with Crippen LogP contribution in [0.2, 0.25) is 0 Å². The number of ether oxygens (including phenoxy) is 2. The monoisotopic (exact) mass is 279 g/mol. The smallest absolute Gasteiger partial charge is 0.191 e. The third-order valence-electron chi connectivity index (χ3n) is 3.26. The van der Waals surface area contributed by atoms with E-state index in [2.05, 4.69) is 4.99 Å². The van der Waals surface area contributed by atoms with E-state index in [9.17, 15) is 5.11 Å². The van der Waals surface area contributed by atoms with Gasteiger partial charge in [-0.3, -0.25) is 4.99 Å². The third-order valence-corrected chi connectivity index (χ3v) is 3.26. The molecule has 2 rings (SSSR count). The number of benzene rings is 1. The van der Waals surface area contributed by atoms with E-state index in [0.29, 0.717) is 19.2 Å². The van der Waals surface area contributed by atoms with Crippen LogP contribution >= 0.6 is 0 Å². The number of hydrogen-bond acceptors (Lipinski definition) is 4. The van der Waals surface area contributed by atoms with E-state index in [1.807, 2.05) is 29.2 Å². The Bertz CT molecular complexity index is 441. The molecule has 1 heterocycles. The van der Waals surface area contributed by atoms with Gasteiger partial charge in [0.15, 0.2) is 5.96 Å². The SMILES string of the molecule is COc1ccc(C(O)CN=C(N)N2CCOCC2)cc1. The van der Waals surface area contributed by atoms with Crippen LogP contribution in [0.25, 0.3) is 0 Å². The summed E-state index contributed by atoms with van der Waals surface area (Å²) < 4.78 is 10.3. The molecule has 0 aromatic heterocycles. The van der Waals surface area contributed by atoms with Crippen LogP contribution in [-0.2, 0) is 4.74 Å². The Kier molecular flexibility index (Phi) is 5.20. The third kappa shape index (κ3) is 3.85. The molecule has 0 aliphatic carbocycles. The fourth-order valence-corrected chi connectivity index (χ4v) is 2.00. The van der Waals surface area contributed by atoms with Crippen molar-refractivity contribution >= 4 is 5.96 Å². The summed E-state index contributed by atoms with van der Waals surface area (Å²) in [7, 11) is 1.61. The van der Waals surface area contributed by atoms with E-state index >= 15 is 0 Å². The van der Waals surface area contributed by atoms with Crippen molar-refractivity contribution in [1.82, 2.24) is 4.90 Å². The van der Waals surface area contributed by atoms with Gasteiger partial charge in [0.1, 0.15) is 5.75 Å². The molecule has 1 unspecified atom stereocenters. The first-order valence-electron chi connectivity index (χ1n) is 6.65. The number of aliphatic hydroxyl groups is 1. The second-order valence-corrected chi connectivity index (χ2v) is 4.59. The van der Waals surface area contributed by atoms with Crippen molar-refractivity contribution in [2.45, 2.75) is 6.10 Å². The molecular formula is C14H21N3O3. The van der Waals surface area contributed by atoms with Crippen molar-refractivity contribution in [2.24, 2.45) is 10.7 Å². The minimum Gasteiger partial charge on any atom is -0.497 e. The van der Waals surface area contributed by atoms with E-state index in [0.717, 1.165) is 24.4 Å². The first-order chi connectivity index (χ1) is 9.70. The van der Waals surface area contributed by atoms with Crippen LogP contribution in [-0.4, -0.2) is 55.9 Å². The minimum atomic E-state index is -0.666. The number of nitrogens with zero attached hydrogens (tertiary/aromatic N) is 2. The standard InChI is InChI=1S/C14H21N3O3/c1-19-12-4-2-11(3-5-12)13(18)10-16-14(15)17-6-8-20-9-7-17/h2-5,13,18H,6-10H2,1H3,(H2,15,16). The number of nitrogens with two attached hydrogens (primary N) is 1. The van der Waals surface area contributed by atoms with Gasteiger partial charge >= 0.3 is 0 Å². The average molecular weight is 279 g/mol. The molecule has 3 N–H and O–H groups in total. The van der Waals surface area contributed by atoms with Crippen molar-refractivity contribution in [2.75, 3.05) is 40.0 Å². The van der Waals surface area contributed by atoms with Gasteiger partial charge in [0, 0.05) is 13.1 Å². The molecule has 110 valence electrons. The largest absolute Gasteiger partial charge is 0.497 e.